The van der Waals surface area contributed by atoms with Gasteiger partial charge in [-0.3, -0.25) is 4.79 Å². The van der Waals surface area contributed by atoms with E-state index >= 15 is 0 Å². The van der Waals surface area contributed by atoms with Crippen molar-refractivity contribution >= 4 is 12.0 Å². The first kappa shape index (κ1) is 8.59. The predicted molar refractivity (Wildman–Crippen MR) is 47.8 cm³/mol. The first-order valence-corrected chi connectivity index (χ1v) is 3.65. The van der Waals surface area contributed by atoms with Crippen molar-refractivity contribution in [3.05, 3.63) is 23.3 Å². The minimum Gasteiger partial charge on any atom is -0.506 e. The Kier molecular flexibility index (Phi) is 2.33. The molecule has 0 aliphatic rings. The highest BCUT2D eigenvalue weighted by atomic mass is 16.3. The van der Waals surface area contributed by atoms with Crippen LogP contribution in [0.2, 0.25) is 0 Å². The highest BCUT2D eigenvalue weighted by Gasteiger charge is 2.05. The molecule has 0 amide bonds. The third-order valence-electron chi connectivity index (χ3n) is 1.67. The summed E-state index contributed by atoms with van der Waals surface area (Å²) in [5, 5.41) is 12.1. The number of phenolic OH excluding ortho intramolecular Hbond substituents is 1. The predicted octanol–water partition coefficient (Wildman–Crippen LogP) is 1.55. The maximum atomic E-state index is 10.5. The zero-order valence-electron chi connectivity index (χ0n) is 7.09. The van der Waals surface area contributed by atoms with E-state index in [0.717, 1.165) is 11.8 Å². The van der Waals surface area contributed by atoms with Gasteiger partial charge >= 0.3 is 0 Å². The average molecular weight is 165 g/mol. The minimum absolute atomic E-state index is 0.111. The van der Waals surface area contributed by atoms with Gasteiger partial charge in [-0.15, -0.1) is 0 Å². The Labute approximate surface area is 71.0 Å². The van der Waals surface area contributed by atoms with Gasteiger partial charge in [0, 0.05) is 12.6 Å². The molecule has 0 fully saturated rings. The van der Waals surface area contributed by atoms with E-state index in [4.69, 9.17) is 0 Å². The molecule has 0 bridgehead atoms. The molecule has 0 radical (unpaired) electrons. The van der Waals surface area contributed by atoms with E-state index in [9.17, 15) is 9.90 Å². The number of hydrogen-bond donors (Lipinski definition) is 2. The molecule has 0 aliphatic carbocycles. The Balaban J connectivity index is 3.33. The highest BCUT2D eigenvalue weighted by Crippen LogP contribution is 2.27. The summed E-state index contributed by atoms with van der Waals surface area (Å²) in [5.41, 5.74) is 1.83. The van der Waals surface area contributed by atoms with Crippen LogP contribution in [0.1, 0.15) is 15.9 Å². The van der Waals surface area contributed by atoms with Crippen LogP contribution in [0.5, 0.6) is 5.75 Å². The lowest BCUT2D eigenvalue weighted by atomic mass is 10.1. The van der Waals surface area contributed by atoms with Gasteiger partial charge in [0.2, 0.25) is 0 Å². The van der Waals surface area contributed by atoms with Crippen molar-refractivity contribution in [3.8, 4) is 5.75 Å². The molecule has 0 heterocycles. The number of aromatic hydroxyl groups is 1. The lowest BCUT2D eigenvalue weighted by Gasteiger charge is -2.07. The van der Waals surface area contributed by atoms with Crippen molar-refractivity contribution in [2.75, 3.05) is 12.4 Å². The fraction of sp³-hybridized carbons (Fsp3) is 0.222. The van der Waals surface area contributed by atoms with E-state index in [1.54, 1.807) is 19.2 Å². The van der Waals surface area contributed by atoms with E-state index in [1.807, 2.05) is 6.92 Å². The van der Waals surface area contributed by atoms with Gasteiger partial charge in [-0.25, -0.2) is 0 Å². The van der Waals surface area contributed by atoms with Crippen LogP contribution in [0.15, 0.2) is 12.1 Å². The molecule has 0 unspecified atom stereocenters. The maximum absolute atomic E-state index is 10.5. The molecular formula is C9H11NO2. The summed E-state index contributed by atoms with van der Waals surface area (Å²) in [4.78, 5) is 10.5. The van der Waals surface area contributed by atoms with Crippen LogP contribution in [0.4, 0.5) is 5.69 Å². The van der Waals surface area contributed by atoms with Crippen LogP contribution in [0.25, 0.3) is 0 Å². The van der Waals surface area contributed by atoms with Crippen LogP contribution in [-0.4, -0.2) is 18.4 Å². The molecule has 0 spiro atoms. The zero-order valence-corrected chi connectivity index (χ0v) is 7.09. The number of hydrogen-bond acceptors (Lipinski definition) is 3. The number of phenols is 1. The Morgan fingerprint density at radius 2 is 2.17 bits per heavy atom. The molecule has 64 valence electrons. The van der Waals surface area contributed by atoms with Gasteiger partial charge in [0.05, 0.1) is 5.69 Å². The molecule has 0 atom stereocenters. The van der Waals surface area contributed by atoms with Crippen molar-refractivity contribution in [2.24, 2.45) is 0 Å². The number of carbonyl (C=O) groups is 1. The number of aryl methyl sites for hydroxylation is 1. The normalized spacial score (nSPS) is 9.50. The van der Waals surface area contributed by atoms with Crippen molar-refractivity contribution < 1.29 is 9.90 Å². The van der Waals surface area contributed by atoms with Gasteiger partial charge in [0.25, 0.3) is 0 Å². The van der Waals surface area contributed by atoms with E-state index in [2.05, 4.69) is 5.32 Å². The molecule has 0 aromatic heterocycles. The van der Waals surface area contributed by atoms with Crippen molar-refractivity contribution in [1.82, 2.24) is 0 Å². The highest BCUT2D eigenvalue weighted by molar-refractivity contribution is 5.87. The van der Waals surface area contributed by atoms with Crippen LogP contribution in [0.3, 0.4) is 0 Å². The summed E-state index contributed by atoms with van der Waals surface area (Å²) in [6, 6.07) is 3.33. The fourth-order valence-electron chi connectivity index (χ4n) is 1.16. The SMILES string of the molecule is CNc1c(O)cc(C)cc1C=O. The topological polar surface area (TPSA) is 49.3 Å². The average Bonchev–Trinajstić information content (AvgIpc) is 2.03. The van der Waals surface area contributed by atoms with E-state index in [0.29, 0.717) is 11.3 Å². The Bertz CT molecular complexity index is 308. The summed E-state index contributed by atoms with van der Waals surface area (Å²) in [5.74, 6) is 0.111. The zero-order chi connectivity index (χ0) is 9.14. The molecule has 0 saturated carbocycles. The molecule has 0 saturated heterocycles. The van der Waals surface area contributed by atoms with Gasteiger partial charge in [-0.2, -0.15) is 0 Å². The van der Waals surface area contributed by atoms with E-state index < -0.39 is 0 Å². The Morgan fingerprint density at radius 3 is 2.67 bits per heavy atom. The second kappa shape index (κ2) is 3.26. The molecular weight excluding hydrogens is 154 g/mol. The number of aldehydes is 1. The van der Waals surface area contributed by atoms with E-state index in [-0.39, 0.29) is 5.75 Å². The molecule has 1 aromatic carbocycles. The van der Waals surface area contributed by atoms with Crippen LogP contribution in [0, 0.1) is 6.92 Å². The van der Waals surface area contributed by atoms with E-state index in [1.165, 1.54) is 0 Å². The molecule has 12 heavy (non-hydrogen) atoms. The fourth-order valence-corrected chi connectivity index (χ4v) is 1.16. The summed E-state index contributed by atoms with van der Waals surface area (Å²) >= 11 is 0. The molecule has 3 nitrogen and oxygen atoms in total. The van der Waals surface area contributed by atoms with Crippen molar-refractivity contribution in [2.45, 2.75) is 6.92 Å². The second-order valence-electron chi connectivity index (χ2n) is 2.62. The van der Waals surface area contributed by atoms with Crippen molar-refractivity contribution in [3.63, 3.8) is 0 Å². The Morgan fingerprint density at radius 1 is 1.50 bits per heavy atom. The maximum Gasteiger partial charge on any atom is 0.152 e. The minimum atomic E-state index is 0.111. The lowest BCUT2D eigenvalue weighted by molar-refractivity contribution is 0.112. The second-order valence-corrected chi connectivity index (χ2v) is 2.62. The smallest absolute Gasteiger partial charge is 0.152 e. The lowest BCUT2D eigenvalue weighted by Crippen LogP contribution is -1.95. The number of nitrogens with one attached hydrogen (secondary N) is 1. The molecule has 0 aliphatic heterocycles. The number of benzene rings is 1. The Hall–Kier alpha value is -1.51. The first-order chi connectivity index (χ1) is 5.69. The van der Waals surface area contributed by atoms with Crippen molar-refractivity contribution in [1.29, 1.82) is 0 Å². The van der Waals surface area contributed by atoms with Crippen LogP contribution in [-0.2, 0) is 0 Å². The number of rotatable bonds is 2. The van der Waals surface area contributed by atoms with Gasteiger partial charge < -0.3 is 10.4 Å². The molecule has 2 N–H and O–H groups in total. The van der Waals surface area contributed by atoms with Crippen LogP contribution >= 0.6 is 0 Å². The largest absolute Gasteiger partial charge is 0.506 e. The molecule has 1 rings (SSSR count). The third-order valence-corrected chi connectivity index (χ3v) is 1.67. The number of anilines is 1. The quantitative estimate of drug-likeness (QED) is 0.516. The summed E-state index contributed by atoms with van der Waals surface area (Å²) in [6.07, 6.45) is 0.721. The summed E-state index contributed by atoms with van der Waals surface area (Å²) in [6.45, 7) is 1.83. The van der Waals surface area contributed by atoms with Gasteiger partial charge in [0.15, 0.2) is 6.29 Å². The summed E-state index contributed by atoms with van der Waals surface area (Å²) < 4.78 is 0. The number of carbonyl (C=O) groups excluding carboxylic acids is 1. The van der Waals surface area contributed by atoms with Gasteiger partial charge in [0.1, 0.15) is 5.75 Å². The van der Waals surface area contributed by atoms with Gasteiger partial charge in [-0.1, -0.05) is 0 Å². The first-order valence-electron chi connectivity index (χ1n) is 3.65. The molecule has 1 aromatic rings. The molecule has 3 heteroatoms. The van der Waals surface area contributed by atoms with Crippen LogP contribution < -0.4 is 5.32 Å². The standard InChI is InChI=1S/C9H11NO2/c1-6-3-7(5-11)9(10-2)8(12)4-6/h3-5,10,12H,1-2H3. The summed E-state index contributed by atoms with van der Waals surface area (Å²) in [7, 11) is 1.66. The third kappa shape index (κ3) is 1.39. The van der Waals surface area contributed by atoms with Gasteiger partial charge in [-0.05, 0) is 24.6 Å². The monoisotopic (exact) mass is 165 g/mol.